The van der Waals surface area contributed by atoms with Gasteiger partial charge in [-0.3, -0.25) is 14.4 Å². The number of hydrogen-bond acceptors (Lipinski definition) is 5. The fraction of sp³-hybridized carbons (Fsp3) is 0.500. The monoisotopic (exact) mass is 558 g/mol. The van der Waals surface area contributed by atoms with Crippen molar-refractivity contribution in [3.05, 3.63) is 77.5 Å². The number of rotatable bonds is 8. The van der Waals surface area contributed by atoms with Gasteiger partial charge in [-0.2, -0.15) is 0 Å². The van der Waals surface area contributed by atoms with Gasteiger partial charge in [0.25, 0.3) is 0 Å². The van der Waals surface area contributed by atoms with Crippen molar-refractivity contribution in [3.8, 4) is 5.75 Å². The van der Waals surface area contributed by atoms with E-state index in [2.05, 4.69) is 30.3 Å². The largest absolute Gasteiger partial charge is 0.497 e. The van der Waals surface area contributed by atoms with Crippen molar-refractivity contribution in [2.75, 3.05) is 26.8 Å². The van der Waals surface area contributed by atoms with Gasteiger partial charge in [0.15, 0.2) is 0 Å². The lowest BCUT2D eigenvalue weighted by Crippen LogP contribution is -2.44. The minimum atomic E-state index is -1.14. The van der Waals surface area contributed by atoms with Crippen molar-refractivity contribution in [2.45, 2.75) is 70.8 Å². The molecule has 0 unspecified atom stereocenters. The maximum absolute atomic E-state index is 14.3. The molecule has 41 heavy (non-hydrogen) atoms. The molecule has 2 amide bonds. The minimum Gasteiger partial charge on any atom is -0.497 e. The number of methoxy groups -OCH3 is 1. The molecule has 218 valence electrons. The van der Waals surface area contributed by atoms with Crippen LogP contribution in [-0.4, -0.2) is 54.4 Å². The summed E-state index contributed by atoms with van der Waals surface area (Å²) in [5, 5.41) is 0. The number of carbonyl (C=O) groups excluding carboxylic acids is 3. The highest BCUT2D eigenvalue weighted by Crippen LogP contribution is 2.53. The van der Waals surface area contributed by atoms with Crippen LogP contribution in [0.1, 0.15) is 75.3 Å². The van der Waals surface area contributed by atoms with Crippen LogP contribution in [0.4, 0.5) is 0 Å². The molecule has 1 aliphatic carbocycles. The van der Waals surface area contributed by atoms with E-state index < -0.39 is 11.3 Å². The third kappa shape index (κ3) is 5.90. The molecule has 5 rings (SSSR count). The molecule has 2 aromatic carbocycles. The van der Waals surface area contributed by atoms with Crippen LogP contribution in [-0.2, 0) is 25.7 Å². The van der Waals surface area contributed by atoms with E-state index in [9.17, 15) is 14.4 Å². The minimum absolute atomic E-state index is 0.0180. The quantitative estimate of drug-likeness (QED) is 0.380. The van der Waals surface area contributed by atoms with Gasteiger partial charge >= 0.3 is 5.97 Å². The van der Waals surface area contributed by atoms with Gasteiger partial charge in [0.1, 0.15) is 11.2 Å². The number of likely N-dealkylation sites (tertiary alicyclic amines) is 2. The number of allylic oxidation sites excluding steroid dienone is 1. The van der Waals surface area contributed by atoms with E-state index in [0.29, 0.717) is 32.0 Å². The maximum Gasteiger partial charge on any atom is 0.318 e. The number of piperidine rings is 1. The smallest absolute Gasteiger partial charge is 0.318 e. The number of fused-ring (bicyclic) bond motifs is 1. The van der Waals surface area contributed by atoms with Crippen molar-refractivity contribution in [3.63, 3.8) is 0 Å². The molecular formula is C34H42N2O5. The molecule has 3 aliphatic rings. The highest BCUT2D eigenvalue weighted by atomic mass is 16.5. The normalized spacial score (nSPS) is 24.6. The zero-order valence-electron chi connectivity index (χ0n) is 24.3. The molecule has 0 spiro atoms. The second-order valence-corrected chi connectivity index (χ2v) is 11.5. The van der Waals surface area contributed by atoms with Gasteiger partial charge in [-0.25, -0.2) is 0 Å². The zero-order valence-corrected chi connectivity index (χ0v) is 24.3. The molecule has 2 aliphatic heterocycles. The first-order valence-electron chi connectivity index (χ1n) is 15.1. The standard InChI is InChI=1S/C34H42N2O5/c1-3-41-33(39)34-20-10-5-4-9-13-30(34)36(24-25-14-16-28(40-2)17-15-25)32(38)29(34)23-31(37)35-21-18-27(19-22-35)26-11-7-6-8-12-26/h6-8,11-17,27,29H,3-5,9-10,18-24H2,1-2H3/b30-13+/t29-,34+/m1/s1. The summed E-state index contributed by atoms with van der Waals surface area (Å²) in [5.74, 6) is -0.185. The van der Waals surface area contributed by atoms with Gasteiger partial charge in [-0.15, -0.1) is 0 Å². The average molecular weight is 559 g/mol. The molecule has 7 heteroatoms. The van der Waals surface area contributed by atoms with Gasteiger partial charge in [0, 0.05) is 25.2 Å². The van der Waals surface area contributed by atoms with Gasteiger partial charge in [-0.05, 0) is 68.2 Å². The van der Waals surface area contributed by atoms with Crippen molar-refractivity contribution in [2.24, 2.45) is 11.3 Å². The van der Waals surface area contributed by atoms with Crippen molar-refractivity contribution in [1.82, 2.24) is 9.80 Å². The Hall–Kier alpha value is -3.61. The molecule has 2 heterocycles. The van der Waals surface area contributed by atoms with E-state index >= 15 is 0 Å². The van der Waals surface area contributed by atoms with E-state index in [1.54, 1.807) is 18.9 Å². The summed E-state index contributed by atoms with van der Waals surface area (Å²) in [5.41, 5.74) is 1.83. The van der Waals surface area contributed by atoms with Gasteiger partial charge in [0.2, 0.25) is 11.8 Å². The molecule has 0 bridgehead atoms. The summed E-state index contributed by atoms with van der Waals surface area (Å²) >= 11 is 0. The molecule has 0 radical (unpaired) electrons. The first-order chi connectivity index (χ1) is 20.0. The van der Waals surface area contributed by atoms with Crippen LogP contribution in [0.2, 0.25) is 0 Å². The summed E-state index contributed by atoms with van der Waals surface area (Å²) in [6.07, 6.45) is 7.97. The molecule has 0 N–H and O–H groups in total. The van der Waals surface area contributed by atoms with E-state index in [1.807, 2.05) is 35.2 Å². The van der Waals surface area contributed by atoms with E-state index in [-0.39, 0.29) is 30.8 Å². The average Bonchev–Trinajstić information content (AvgIpc) is 3.20. The lowest BCUT2D eigenvalue weighted by molar-refractivity contribution is -0.158. The highest BCUT2D eigenvalue weighted by Gasteiger charge is 2.61. The van der Waals surface area contributed by atoms with Crippen molar-refractivity contribution in [1.29, 1.82) is 0 Å². The van der Waals surface area contributed by atoms with E-state index in [4.69, 9.17) is 9.47 Å². The Morgan fingerprint density at radius 1 is 0.976 bits per heavy atom. The summed E-state index contributed by atoms with van der Waals surface area (Å²) in [4.78, 5) is 45.6. The Morgan fingerprint density at radius 2 is 1.71 bits per heavy atom. The zero-order chi connectivity index (χ0) is 28.8. The van der Waals surface area contributed by atoms with Gasteiger partial charge < -0.3 is 19.3 Å². The Morgan fingerprint density at radius 3 is 2.39 bits per heavy atom. The van der Waals surface area contributed by atoms with Crippen LogP contribution in [0.3, 0.4) is 0 Å². The number of amides is 2. The Kier molecular flexibility index (Phi) is 9.11. The maximum atomic E-state index is 14.3. The van der Waals surface area contributed by atoms with Crippen LogP contribution in [0, 0.1) is 11.3 Å². The number of benzene rings is 2. The molecule has 2 aromatic rings. The summed E-state index contributed by atoms with van der Waals surface area (Å²) < 4.78 is 11.0. The summed E-state index contributed by atoms with van der Waals surface area (Å²) in [6.45, 7) is 3.68. The highest BCUT2D eigenvalue weighted by molar-refractivity contribution is 5.98. The van der Waals surface area contributed by atoms with Crippen molar-refractivity contribution >= 4 is 17.8 Å². The predicted octanol–water partition coefficient (Wildman–Crippen LogP) is 5.85. The number of nitrogens with zero attached hydrogens (tertiary/aromatic N) is 2. The Labute approximate surface area is 243 Å². The second-order valence-electron chi connectivity index (χ2n) is 11.5. The van der Waals surface area contributed by atoms with Crippen LogP contribution in [0.15, 0.2) is 66.4 Å². The first-order valence-corrected chi connectivity index (χ1v) is 15.1. The van der Waals surface area contributed by atoms with Crippen molar-refractivity contribution < 1.29 is 23.9 Å². The van der Waals surface area contributed by atoms with Crippen LogP contribution in [0.25, 0.3) is 0 Å². The number of carbonyl (C=O) groups is 3. The third-order valence-corrected chi connectivity index (χ3v) is 9.16. The van der Waals surface area contributed by atoms with Gasteiger partial charge in [0.05, 0.1) is 26.2 Å². The van der Waals surface area contributed by atoms with Crippen LogP contribution < -0.4 is 4.74 Å². The molecule has 0 saturated carbocycles. The van der Waals surface area contributed by atoms with Crippen LogP contribution in [0.5, 0.6) is 5.75 Å². The fourth-order valence-electron chi connectivity index (χ4n) is 6.93. The van der Waals surface area contributed by atoms with E-state index in [1.165, 1.54) is 5.56 Å². The lowest BCUT2D eigenvalue weighted by Gasteiger charge is -2.36. The predicted molar refractivity (Wildman–Crippen MR) is 157 cm³/mol. The van der Waals surface area contributed by atoms with E-state index in [0.717, 1.165) is 55.5 Å². The molecule has 7 nitrogen and oxygen atoms in total. The lowest BCUT2D eigenvalue weighted by atomic mass is 9.69. The number of hydrogen-bond donors (Lipinski definition) is 0. The molecule has 2 atom stereocenters. The molecular weight excluding hydrogens is 516 g/mol. The number of esters is 1. The van der Waals surface area contributed by atoms with Crippen LogP contribution >= 0.6 is 0 Å². The second kappa shape index (κ2) is 12.9. The van der Waals surface area contributed by atoms with Gasteiger partial charge in [-0.1, -0.05) is 61.4 Å². The summed E-state index contributed by atoms with van der Waals surface area (Å²) in [6, 6.07) is 18.1. The summed E-state index contributed by atoms with van der Waals surface area (Å²) in [7, 11) is 1.62. The molecule has 0 aromatic heterocycles. The third-order valence-electron chi connectivity index (χ3n) is 9.16. The first kappa shape index (κ1) is 28.9. The Bertz CT molecular complexity index is 1250. The SMILES string of the molecule is CCOC(=O)[C@]12CCCCC/C=C\1N(Cc1ccc(OC)cc1)C(=O)[C@H]2CC(=O)N1CCC(c2ccccc2)CC1. The Balaban J connectivity index is 1.42. The molecule has 2 fully saturated rings. The topological polar surface area (TPSA) is 76.1 Å². The molecule has 2 saturated heterocycles. The fourth-order valence-corrected chi connectivity index (χ4v) is 6.93. The number of ether oxygens (including phenoxy) is 2.